The second-order valence-electron chi connectivity index (χ2n) is 5.15. The van der Waals surface area contributed by atoms with Crippen molar-refractivity contribution >= 4 is 27.5 Å². The van der Waals surface area contributed by atoms with E-state index in [0.717, 1.165) is 0 Å². The van der Waals surface area contributed by atoms with Gasteiger partial charge in [-0.15, -0.1) is 0 Å². The molecule has 0 aromatic heterocycles. The SMILES string of the molecule is COc1cc2c(cc1O)C=C(S(=O)(=O)Nc1ccccc1N)CO2. The molecule has 126 valence electrons. The number of hydrogen-bond donors (Lipinski definition) is 3. The Balaban J connectivity index is 1.95. The zero-order valence-electron chi connectivity index (χ0n) is 12.8. The van der Waals surface area contributed by atoms with Crippen LogP contribution in [-0.4, -0.2) is 27.2 Å². The second-order valence-corrected chi connectivity index (χ2v) is 6.89. The lowest BCUT2D eigenvalue weighted by molar-refractivity contribution is 0.340. The number of para-hydroxylation sites is 2. The van der Waals surface area contributed by atoms with Gasteiger partial charge in [-0.25, -0.2) is 8.42 Å². The van der Waals surface area contributed by atoms with Gasteiger partial charge in [0.25, 0.3) is 10.0 Å². The van der Waals surface area contributed by atoms with E-state index in [9.17, 15) is 13.5 Å². The fourth-order valence-electron chi connectivity index (χ4n) is 2.29. The predicted molar refractivity (Wildman–Crippen MR) is 91.5 cm³/mol. The van der Waals surface area contributed by atoms with Gasteiger partial charge in [0.15, 0.2) is 11.5 Å². The minimum absolute atomic E-state index is 0.0304. The van der Waals surface area contributed by atoms with Gasteiger partial charge in [0.05, 0.1) is 18.5 Å². The van der Waals surface area contributed by atoms with E-state index in [1.54, 1.807) is 24.3 Å². The third-order valence-electron chi connectivity index (χ3n) is 3.55. The first kappa shape index (κ1) is 16.0. The van der Waals surface area contributed by atoms with Gasteiger partial charge in [-0.1, -0.05) is 12.1 Å². The number of rotatable bonds is 4. The van der Waals surface area contributed by atoms with Crippen LogP contribution in [-0.2, 0) is 10.0 Å². The molecule has 0 bridgehead atoms. The van der Waals surface area contributed by atoms with Crippen LogP contribution in [0.25, 0.3) is 6.08 Å². The number of nitrogens with one attached hydrogen (secondary N) is 1. The van der Waals surface area contributed by atoms with Crippen molar-refractivity contribution in [2.24, 2.45) is 0 Å². The van der Waals surface area contributed by atoms with Crippen molar-refractivity contribution in [2.75, 3.05) is 24.2 Å². The summed E-state index contributed by atoms with van der Waals surface area (Å²) in [5.41, 5.74) is 6.82. The Hall–Kier alpha value is -2.87. The normalized spacial score (nSPS) is 13.5. The highest BCUT2D eigenvalue weighted by Crippen LogP contribution is 2.38. The average molecular weight is 348 g/mol. The molecule has 8 heteroatoms. The maximum Gasteiger partial charge on any atom is 0.261 e. The molecule has 2 aromatic carbocycles. The number of fused-ring (bicyclic) bond motifs is 1. The molecule has 0 spiro atoms. The third-order valence-corrected chi connectivity index (χ3v) is 4.96. The summed E-state index contributed by atoms with van der Waals surface area (Å²) in [4.78, 5) is 0.0304. The number of sulfonamides is 1. The molecule has 2 aromatic rings. The second kappa shape index (κ2) is 5.97. The molecule has 0 radical (unpaired) electrons. The molecule has 0 unspecified atom stereocenters. The van der Waals surface area contributed by atoms with E-state index in [1.807, 2.05) is 0 Å². The Morgan fingerprint density at radius 2 is 2.04 bits per heavy atom. The number of methoxy groups -OCH3 is 1. The minimum atomic E-state index is -3.84. The van der Waals surface area contributed by atoms with E-state index in [0.29, 0.717) is 22.7 Å². The van der Waals surface area contributed by atoms with Crippen molar-refractivity contribution in [3.8, 4) is 17.2 Å². The van der Waals surface area contributed by atoms with Crippen molar-refractivity contribution in [3.05, 3.63) is 46.9 Å². The fourth-order valence-corrected chi connectivity index (χ4v) is 3.39. The molecule has 24 heavy (non-hydrogen) atoms. The first-order chi connectivity index (χ1) is 11.4. The lowest BCUT2D eigenvalue weighted by atomic mass is 10.1. The van der Waals surface area contributed by atoms with Crippen LogP contribution in [0.2, 0.25) is 0 Å². The summed E-state index contributed by atoms with van der Waals surface area (Å²) in [6, 6.07) is 9.46. The maximum atomic E-state index is 12.5. The Kier molecular flexibility index (Phi) is 3.98. The fraction of sp³-hybridized carbons (Fsp3) is 0.125. The average Bonchev–Trinajstić information content (AvgIpc) is 2.55. The zero-order chi connectivity index (χ0) is 17.3. The standard InChI is InChI=1S/C16H16N2O5S/c1-22-16-8-15-10(7-14(16)19)6-11(9-23-15)24(20,21)18-13-5-3-2-4-12(13)17/h2-8,18-19H,9,17H2,1H3. The minimum Gasteiger partial charge on any atom is -0.504 e. The van der Waals surface area contributed by atoms with Crippen LogP contribution in [0.1, 0.15) is 5.56 Å². The van der Waals surface area contributed by atoms with Gasteiger partial charge >= 0.3 is 0 Å². The number of ether oxygens (including phenoxy) is 2. The molecule has 0 atom stereocenters. The molecule has 1 heterocycles. The van der Waals surface area contributed by atoms with Crippen LogP contribution in [0.3, 0.4) is 0 Å². The third kappa shape index (κ3) is 2.95. The lowest BCUT2D eigenvalue weighted by Gasteiger charge is -2.20. The van der Waals surface area contributed by atoms with E-state index in [4.69, 9.17) is 15.2 Å². The van der Waals surface area contributed by atoms with Crippen LogP contribution < -0.4 is 19.9 Å². The lowest BCUT2D eigenvalue weighted by Crippen LogP contribution is -2.22. The number of phenolic OH excluding ortho intramolecular Hbond substituents is 1. The van der Waals surface area contributed by atoms with Gasteiger partial charge in [-0.3, -0.25) is 4.72 Å². The highest BCUT2D eigenvalue weighted by molar-refractivity contribution is 7.96. The molecule has 0 saturated heterocycles. The Morgan fingerprint density at radius 1 is 1.29 bits per heavy atom. The van der Waals surface area contributed by atoms with Crippen LogP contribution in [0.4, 0.5) is 11.4 Å². The summed E-state index contributed by atoms with van der Waals surface area (Å²) in [5, 5.41) is 9.84. The number of phenols is 1. The molecular weight excluding hydrogens is 332 g/mol. The van der Waals surface area contributed by atoms with Gasteiger partial charge in [0.2, 0.25) is 0 Å². The van der Waals surface area contributed by atoms with Crippen LogP contribution >= 0.6 is 0 Å². The van der Waals surface area contributed by atoms with Gasteiger partial charge in [0, 0.05) is 11.6 Å². The topological polar surface area (TPSA) is 111 Å². The number of anilines is 2. The first-order valence-electron chi connectivity index (χ1n) is 7.02. The number of nitrogen functional groups attached to an aromatic ring is 1. The Bertz CT molecular complexity index is 922. The van der Waals surface area contributed by atoms with E-state index in [-0.39, 0.29) is 23.0 Å². The molecular formula is C16H16N2O5S. The summed E-state index contributed by atoms with van der Waals surface area (Å²) in [5.74, 6) is 0.585. The largest absolute Gasteiger partial charge is 0.504 e. The highest BCUT2D eigenvalue weighted by atomic mass is 32.2. The first-order valence-corrected chi connectivity index (χ1v) is 8.51. The molecule has 1 aliphatic rings. The smallest absolute Gasteiger partial charge is 0.261 e. The Labute approximate surface area is 139 Å². The van der Waals surface area contributed by atoms with Crippen LogP contribution in [0, 0.1) is 0 Å². The van der Waals surface area contributed by atoms with E-state index in [2.05, 4.69) is 4.72 Å². The van der Waals surface area contributed by atoms with Gasteiger partial charge in [-0.05, 0) is 24.3 Å². The molecule has 0 aliphatic carbocycles. The zero-order valence-corrected chi connectivity index (χ0v) is 13.6. The van der Waals surface area contributed by atoms with Gasteiger partial charge in [-0.2, -0.15) is 0 Å². The number of nitrogens with two attached hydrogens (primary N) is 1. The van der Waals surface area contributed by atoms with Crippen LogP contribution in [0.5, 0.6) is 17.2 Å². The predicted octanol–water partition coefficient (Wildman–Crippen LogP) is 2.16. The summed E-state index contributed by atoms with van der Waals surface area (Å²) >= 11 is 0. The van der Waals surface area contributed by atoms with Crippen molar-refractivity contribution in [3.63, 3.8) is 0 Å². The van der Waals surface area contributed by atoms with Crippen molar-refractivity contribution < 1.29 is 23.0 Å². The molecule has 4 N–H and O–H groups in total. The van der Waals surface area contributed by atoms with Gasteiger partial charge < -0.3 is 20.3 Å². The highest BCUT2D eigenvalue weighted by Gasteiger charge is 2.24. The van der Waals surface area contributed by atoms with Gasteiger partial charge in [0.1, 0.15) is 17.3 Å². The summed E-state index contributed by atoms with van der Waals surface area (Å²) in [6.45, 7) is -0.136. The quantitative estimate of drug-likeness (QED) is 0.730. The molecule has 0 saturated carbocycles. The number of hydrogen-bond acceptors (Lipinski definition) is 6. The Morgan fingerprint density at radius 3 is 2.75 bits per heavy atom. The van der Waals surface area contributed by atoms with Crippen LogP contribution in [0.15, 0.2) is 41.3 Å². The van der Waals surface area contributed by atoms with Crippen molar-refractivity contribution in [1.82, 2.24) is 0 Å². The molecule has 7 nitrogen and oxygen atoms in total. The molecule has 0 amide bonds. The van der Waals surface area contributed by atoms with Crippen molar-refractivity contribution in [2.45, 2.75) is 0 Å². The number of aromatic hydroxyl groups is 1. The summed E-state index contributed by atoms with van der Waals surface area (Å²) < 4.78 is 38.0. The molecule has 0 fully saturated rings. The van der Waals surface area contributed by atoms with E-state index >= 15 is 0 Å². The van der Waals surface area contributed by atoms with Crippen molar-refractivity contribution in [1.29, 1.82) is 0 Å². The summed E-state index contributed by atoms with van der Waals surface area (Å²) in [7, 11) is -2.42. The molecule has 3 rings (SSSR count). The van der Waals surface area contributed by atoms with E-state index < -0.39 is 10.0 Å². The number of benzene rings is 2. The maximum absolute atomic E-state index is 12.5. The monoisotopic (exact) mass is 348 g/mol. The summed E-state index contributed by atoms with van der Waals surface area (Å²) in [6.07, 6.45) is 1.44. The molecule has 1 aliphatic heterocycles. The van der Waals surface area contributed by atoms with E-state index in [1.165, 1.54) is 25.3 Å².